The van der Waals surface area contributed by atoms with Gasteiger partial charge >= 0.3 is 0 Å². The minimum atomic E-state index is -2.02. The van der Waals surface area contributed by atoms with Gasteiger partial charge in [-0.25, -0.2) is 8.78 Å². The lowest BCUT2D eigenvalue weighted by atomic mass is 9.43. The fourth-order valence-electron chi connectivity index (χ4n) is 9.76. The molecule has 0 amide bonds. The van der Waals surface area contributed by atoms with E-state index < -0.39 is 29.5 Å². The molecule has 34 heavy (non-hydrogen) atoms. The molecular weight excluding hydrogens is 434 g/mol. The van der Waals surface area contributed by atoms with Crippen LogP contribution in [0.15, 0.2) is 0 Å². The molecule has 5 heteroatoms. The lowest BCUT2D eigenvalue weighted by Gasteiger charge is -2.62. The first kappa shape index (κ1) is 26.5. The molecule has 0 aromatic rings. The number of halogens is 2. The maximum Gasteiger partial charge on any atom is 0.177 e. The van der Waals surface area contributed by atoms with Crippen molar-refractivity contribution < 1.29 is 23.8 Å². The summed E-state index contributed by atoms with van der Waals surface area (Å²) in [4.78, 5) is 13.2. The number of aliphatic hydroxyl groups excluding tert-OH is 2. The SMILES string of the molecule is CC[C@@H](C(C)C)[C@H](O)[C@@H](O)[C@@H](C)[C@H]1CCC2C3CC(=O)[C@@]4(F)C[C@@H](F)CC[C@]4(C)C3CC[C@@]21C. The molecule has 0 saturated heterocycles. The quantitative estimate of drug-likeness (QED) is 0.467. The fraction of sp³-hybridized carbons (Fsp3) is 0.966. The summed E-state index contributed by atoms with van der Waals surface area (Å²) in [6.45, 7) is 12.6. The van der Waals surface area contributed by atoms with Gasteiger partial charge in [-0.15, -0.1) is 0 Å². The maximum atomic E-state index is 16.2. The number of carbonyl (C=O) groups excluding carboxylic acids is 1. The molecule has 4 fully saturated rings. The second kappa shape index (κ2) is 9.08. The van der Waals surface area contributed by atoms with Gasteiger partial charge in [-0.2, -0.15) is 0 Å². The number of Topliss-reactive ketones (excluding diaryl/α,β-unsaturated/α-hetero) is 1. The third kappa shape index (κ3) is 3.73. The van der Waals surface area contributed by atoms with Crippen molar-refractivity contribution in [2.45, 2.75) is 123 Å². The zero-order chi connectivity index (χ0) is 25.2. The number of ketones is 1. The molecule has 12 atom stereocenters. The van der Waals surface area contributed by atoms with E-state index in [1.54, 1.807) is 0 Å². The third-order valence-electron chi connectivity index (χ3n) is 11.9. The van der Waals surface area contributed by atoms with Gasteiger partial charge in [0.15, 0.2) is 11.5 Å². The van der Waals surface area contributed by atoms with Gasteiger partial charge in [0.1, 0.15) is 6.17 Å². The van der Waals surface area contributed by atoms with Crippen molar-refractivity contribution in [3.05, 3.63) is 0 Å². The number of rotatable bonds is 6. The molecule has 0 heterocycles. The first-order chi connectivity index (χ1) is 15.8. The Balaban J connectivity index is 1.57. The van der Waals surface area contributed by atoms with Crippen molar-refractivity contribution in [3.63, 3.8) is 0 Å². The second-order valence-electron chi connectivity index (χ2n) is 13.4. The molecule has 4 aliphatic rings. The molecule has 196 valence electrons. The van der Waals surface area contributed by atoms with Gasteiger partial charge in [0.2, 0.25) is 0 Å². The smallest absolute Gasteiger partial charge is 0.177 e. The molecule has 4 rings (SSSR count). The highest BCUT2D eigenvalue weighted by molar-refractivity contribution is 5.90. The number of fused-ring (bicyclic) bond motifs is 5. The number of carbonyl (C=O) groups is 1. The van der Waals surface area contributed by atoms with Gasteiger partial charge in [0, 0.05) is 18.3 Å². The lowest BCUT2D eigenvalue weighted by Crippen LogP contribution is -2.65. The predicted octanol–water partition coefficient (Wildman–Crippen LogP) is 6.29. The Morgan fingerprint density at radius 2 is 1.68 bits per heavy atom. The van der Waals surface area contributed by atoms with Gasteiger partial charge in [-0.05, 0) is 85.4 Å². The van der Waals surface area contributed by atoms with E-state index in [-0.39, 0.29) is 53.6 Å². The van der Waals surface area contributed by atoms with E-state index in [2.05, 4.69) is 34.6 Å². The van der Waals surface area contributed by atoms with Crippen molar-refractivity contribution in [1.29, 1.82) is 0 Å². The summed E-state index contributed by atoms with van der Waals surface area (Å²) in [6, 6.07) is 0. The van der Waals surface area contributed by atoms with Crippen LogP contribution in [0.4, 0.5) is 8.78 Å². The van der Waals surface area contributed by atoms with Crippen molar-refractivity contribution >= 4 is 5.78 Å². The number of alkyl halides is 2. The Bertz CT molecular complexity index is 772. The molecule has 4 saturated carbocycles. The first-order valence-electron chi connectivity index (χ1n) is 14.0. The summed E-state index contributed by atoms with van der Waals surface area (Å²) >= 11 is 0. The molecule has 3 nitrogen and oxygen atoms in total. The van der Waals surface area contributed by atoms with E-state index in [1.807, 2.05) is 6.92 Å². The minimum Gasteiger partial charge on any atom is -0.390 e. The minimum absolute atomic E-state index is 0.0227. The average molecular weight is 483 g/mol. The van der Waals surface area contributed by atoms with E-state index >= 15 is 4.39 Å². The van der Waals surface area contributed by atoms with Crippen LogP contribution in [0.1, 0.15) is 99.3 Å². The normalized spacial score (nSPS) is 48.0. The van der Waals surface area contributed by atoms with E-state index in [0.29, 0.717) is 24.7 Å². The molecule has 4 aliphatic carbocycles. The molecule has 0 aromatic heterocycles. The van der Waals surface area contributed by atoms with Crippen molar-refractivity contribution in [2.75, 3.05) is 0 Å². The van der Waals surface area contributed by atoms with Crippen molar-refractivity contribution in [2.24, 2.45) is 52.3 Å². The summed E-state index contributed by atoms with van der Waals surface area (Å²) in [6.07, 6.45) is 2.71. The van der Waals surface area contributed by atoms with Gasteiger partial charge in [-0.3, -0.25) is 4.79 Å². The summed E-state index contributed by atoms with van der Waals surface area (Å²) in [7, 11) is 0. The van der Waals surface area contributed by atoms with E-state index in [0.717, 1.165) is 32.1 Å². The Morgan fingerprint density at radius 3 is 2.29 bits per heavy atom. The zero-order valence-electron chi connectivity index (χ0n) is 22.2. The molecular formula is C29H48F2O3. The van der Waals surface area contributed by atoms with Gasteiger partial charge in [0.05, 0.1) is 12.2 Å². The monoisotopic (exact) mass is 482 g/mol. The van der Waals surface area contributed by atoms with Gasteiger partial charge in [-0.1, -0.05) is 48.0 Å². The van der Waals surface area contributed by atoms with Crippen LogP contribution < -0.4 is 0 Å². The highest BCUT2D eigenvalue weighted by Gasteiger charge is 2.69. The second-order valence-corrected chi connectivity index (χ2v) is 13.4. The Hall–Kier alpha value is -0.550. The molecule has 0 radical (unpaired) electrons. The molecule has 3 unspecified atom stereocenters. The van der Waals surface area contributed by atoms with E-state index in [1.165, 1.54) is 0 Å². The van der Waals surface area contributed by atoms with Crippen LogP contribution in [0.5, 0.6) is 0 Å². The molecule has 2 N–H and O–H groups in total. The molecule has 0 spiro atoms. The number of hydrogen-bond donors (Lipinski definition) is 2. The zero-order valence-corrected chi connectivity index (χ0v) is 22.2. The van der Waals surface area contributed by atoms with Crippen LogP contribution >= 0.6 is 0 Å². The Labute approximate surface area is 205 Å². The van der Waals surface area contributed by atoms with Crippen molar-refractivity contribution in [1.82, 2.24) is 0 Å². The summed E-state index contributed by atoms with van der Waals surface area (Å²) in [5.74, 6) is 0.836. The summed E-state index contributed by atoms with van der Waals surface area (Å²) in [5, 5.41) is 22.3. The molecule has 0 bridgehead atoms. The Morgan fingerprint density at radius 1 is 1.00 bits per heavy atom. The van der Waals surface area contributed by atoms with Gasteiger partial charge < -0.3 is 10.2 Å². The summed E-state index contributed by atoms with van der Waals surface area (Å²) < 4.78 is 30.4. The van der Waals surface area contributed by atoms with E-state index in [9.17, 15) is 19.4 Å². The average Bonchev–Trinajstić information content (AvgIpc) is 3.12. The van der Waals surface area contributed by atoms with Crippen molar-refractivity contribution in [3.8, 4) is 0 Å². The first-order valence-corrected chi connectivity index (χ1v) is 14.0. The lowest BCUT2D eigenvalue weighted by molar-refractivity contribution is -0.189. The highest BCUT2D eigenvalue weighted by Crippen LogP contribution is 2.69. The standard InChI is InChI=1S/C29H48F2O3/c1-7-19(16(2)3)26(34)25(33)17(4)21-8-9-22-20-14-24(32)29(31)15-18(30)10-13-28(29,6)23(20)11-12-27(21,22)5/h16-23,25-26,33-34H,7-15H2,1-6H3/t17-,18-,19-,20?,21+,22?,23?,25-,26-,27+,28+,29-/m0/s1. The van der Waals surface area contributed by atoms with Crippen LogP contribution in [-0.2, 0) is 4.79 Å². The molecule has 0 aromatic carbocycles. The predicted molar refractivity (Wildman–Crippen MR) is 131 cm³/mol. The van der Waals surface area contributed by atoms with Crippen LogP contribution in [0.2, 0.25) is 0 Å². The Kier molecular flexibility index (Phi) is 7.08. The number of aliphatic hydroxyl groups is 2. The maximum absolute atomic E-state index is 16.2. The molecule has 0 aliphatic heterocycles. The van der Waals surface area contributed by atoms with Crippen LogP contribution in [-0.4, -0.2) is 40.0 Å². The summed E-state index contributed by atoms with van der Waals surface area (Å²) in [5.41, 5.74) is -2.80. The fourth-order valence-corrected chi connectivity index (χ4v) is 9.76. The highest BCUT2D eigenvalue weighted by atomic mass is 19.2. The van der Waals surface area contributed by atoms with Crippen LogP contribution in [0.25, 0.3) is 0 Å². The van der Waals surface area contributed by atoms with Crippen LogP contribution in [0.3, 0.4) is 0 Å². The van der Waals surface area contributed by atoms with E-state index in [4.69, 9.17) is 0 Å². The third-order valence-corrected chi connectivity index (χ3v) is 11.9. The largest absolute Gasteiger partial charge is 0.390 e. The number of hydrogen-bond acceptors (Lipinski definition) is 3. The van der Waals surface area contributed by atoms with Gasteiger partial charge in [0.25, 0.3) is 0 Å². The van der Waals surface area contributed by atoms with Crippen LogP contribution in [0, 0.1) is 52.3 Å². The topological polar surface area (TPSA) is 57.5 Å².